The van der Waals surface area contributed by atoms with Crippen molar-refractivity contribution in [3.63, 3.8) is 0 Å². The van der Waals surface area contributed by atoms with Crippen LogP contribution in [0.3, 0.4) is 0 Å². The summed E-state index contributed by atoms with van der Waals surface area (Å²) < 4.78 is 0. The van der Waals surface area contributed by atoms with Crippen LogP contribution in [0.15, 0.2) is 41.8 Å². The minimum atomic E-state index is -0.0151. The topological polar surface area (TPSA) is 49.4 Å². The molecule has 0 bridgehead atoms. The highest BCUT2D eigenvalue weighted by Gasteiger charge is 2.10. The maximum atomic E-state index is 11.9. The average molecular weight is 365 g/mol. The van der Waals surface area contributed by atoms with Crippen molar-refractivity contribution in [2.45, 2.75) is 19.8 Å². The molecule has 0 atom stereocenters. The van der Waals surface area contributed by atoms with Crippen molar-refractivity contribution in [1.82, 2.24) is 10.2 Å². The summed E-state index contributed by atoms with van der Waals surface area (Å²) in [5.74, 6) is -0.00452. The van der Waals surface area contributed by atoms with Gasteiger partial charge in [-0.05, 0) is 35.6 Å². The molecule has 0 saturated carbocycles. The number of benzene rings is 1. The number of rotatable bonds is 8. The molecule has 2 amide bonds. The Hall–Kier alpha value is -1.85. The van der Waals surface area contributed by atoms with E-state index in [0.717, 1.165) is 16.9 Å². The van der Waals surface area contributed by atoms with E-state index >= 15 is 0 Å². The highest BCUT2D eigenvalue weighted by molar-refractivity contribution is 7.10. The van der Waals surface area contributed by atoms with Gasteiger partial charge in [-0.15, -0.1) is 11.3 Å². The number of hydrogen-bond acceptors (Lipinski definition) is 3. The third-order valence-electron chi connectivity index (χ3n) is 3.65. The molecule has 4 nitrogen and oxygen atoms in total. The van der Waals surface area contributed by atoms with E-state index in [9.17, 15) is 9.59 Å². The lowest BCUT2D eigenvalue weighted by Gasteiger charge is -2.21. The molecule has 0 spiro atoms. The third kappa shape index (κ3) is 6.34. The predicted octanol–water partition coefficient (Wildman–Crippen LogP) is 3.15. The second kappa shape index (κ2) is 9.45. The molecular formula is C18H21ClN2O2S. The summed E-state index contributed by atoms with van der Waals surface area (Å²) in [4.78, 5) is 26.4. The molecule has 0 aliphatic heterocycles. The van der Waals surface area contributed by atoms with Crippen LogP contribution in [0.1, 0.15) is 17.4 Å². The van der Waals surface area contributed by atoms with Gasteiger partial charge in [0.2, 0.25) is 11.8 Å². The second-order valence-electron chi connectivity index (χ2n) is 5.49. The highest BCUT2D eigenvalue weighted by atomic mass is 35.5. The van der Waals surface area contributed by atoms with Gasteiger partial charge in [-0.25, -0.2) is 0 Å². The van der Waals surface area contributed by atoms with E-state index in [1.54, 1.807) is 23.2 Å². The molecule has 128 valence electrons. The zero-order chi connectivity index (χ0) is 17.4. The Bertz CT molecular complexity index is 656. The Morgan fingerprint density at radius 3 is 2.54 bits per heavy atom. The van der Waals surface area contributed by atoms with Gasteiger partial charge in [-0.1, -0.05) is 29.8 Å². The third-order valence-corrected chi connectivity index (χ3v) is 4.78. The molecule has 24 heavy (non-hydrogen) atoms. The molecule has 0 aliphatic rings. The lowest BCUT2D eigenvalue weighted by Crippen LogP contribution is -2.38. The molecule has 0 unspecified atom stereocenters. The lowest BCUT2D eigenvalue weighted by atomic mass is 10.1. The monoisotopic (exact) mass is 364 g/mol. The summed E-state index contributed by atoms with van der Waals surface area (Å²) in [6.07, 6.45) is 1.16. The fourth-order valence-electron chi connectivity index (χ4n) is 2.31. The first-order valence-electron chi connectivity index (χ1n) is 7.83. The van der Waals surface area contributed by atoms with Gasteiger partial charge in [0, 0.05) is 36.5 Å². The fraction of sp³-hybridized carbons (Fsp3) is 0.333. The van der Waals surface area contributed by atoms with E-state index < -0.39 is 0 Å². The largest absolute Gasteiger partial charge is 0.354 e. The molecule has 1 aromatic heterocycles. The minimum absolute atomic E-state index is 0.0106. The molecular weight excluding hydrogens is 344 g/mol. The Morgan fingerprint density at radius 1 is 1.17 bits per heavy atom. The Balaban J connectivity index is 1.73. The number of thiophene rings is 1. The van der Waals surface area contributed by atoms with E-state index in [-0.39, 0.29) is 11.8 Å². The lowest BCUT2D eigenvalue weighted by molar-refractivity contribution is -0.129. The van der Waals surface area contributed by atoms with E-state index in [1.165, 1.54) is 0 Å². The number of carbonyl (C=O) groups is 2. The molecule has 0 fully saturated rings. The van der Waals surface area contributed by atoms with Crippen molar-refractivity contribution < 1.29 is 9.59 Å². The predicted molar refractivity (Wildman–Crippen MR) is 98.4 cm³/mol. The Morgan fingerprint density at radius 2 is 1.92 bits per heavy atom. The zero-order valence-corrected chi connectivity index (χ0v) is 15.2. The summed E-state index contributed by atoms with van der Waals surface area (Å²) in [6, 6.07) is 11.5. The van der Waals surface area contributed by atoms with Crippen LogP contribution in [0.5, 0.6) is 0 Å². The second-order valence-corrected chi connectivity index (χ2v) is 6.96. The number of amides is 2. The van der Waals surface area contributed by atoms with Gasteiger partial charge in [-0.3, -0.25) is 9.59 Å². The molecule has 1 aromatic carbocycles. The fourth-order valence-corrected chi connectivity index (χ4v) is 3.14. The number of halogens is 1. The van der Waals surface area contributed by atoms with Crippen LogP contribution in [0.2, 0.25) is 5.02 Å². The van der Waals surface area contributed by atoms with Gasteiger partial charge in [-0.2, -0.15) is 0 Å². The number of carbonyl (C=O) groups excluding carboxylic acids is 2. The summed E-state index contributed by atoms with van der Waals surface area (Å²) in [6.45, 7) is 3.15. The first kappa shape index (κ1) is 18.5. The first-order valence-corrected chi connectivity index (χ1v) is 9.09. The maximum absolute atomic E-state index is 11.9. The number of nitrogens with one attached hydrogen (secondary N) is 1. The molecule has 0 radical (unpaired) electrons. The van der Waals surface area contributed by atoms with Crippen molar-refractivity contribution in [3.05, 3.63) is 57.2 Å². The smallest absolute Gasteiger partial charge is 0.225 e. The van der Waals surface area contributed by atoms with Gasteiger partial charge < -0.3 is 10.2 Å². The molecule has 6 heteroatoms. The SMILES string of the molecule is CC(=O)N(CCNC(=O)Cc1cccs1)CCc1ccc(Cl)cc1. The first-order chi connectivity index (χ1) is 11.5. The quantitative estimate of drug-likeness (QED) is 0.782. The Kier molecular flexibility index (Phi) is 7.28. The van der Waals surface area contributed by atoms with Crippen LogP contribution in [0.4, 0.5) is 0 Å². The van der Waals surface area contributed by atoms with Crippen LogP contribution in [-0.4, -0.2) is 36.3 Å². The summed E-state index contributed by atoms with van der Waals surface area (Å²) in [7, 11) is 0. The highest BCUT2D eigenvalue weighted by Crippen LogP contribution is 2.10. The molecule has 2 aromatic rings. The van der Waals surface area contributed by atoms with E-state index in [0.29, 0.717) is 31.1 Å². The van der Waals surface area contributed by atoms with Crippen molar-refractivity contribution in [2.75, 3.05) is 19.6 Å². The Labute approximate surface area is 151 Å². The van der Waals surface area contributed by atoms with Crippen LogP contribution >= 0.6 is 22.9 Å². The molecule has 1 N–H and O–H groups in total. The standard InChI is InChI=1S/C18H21ClN2O2S/c1-14(22)21(10-8-15-4-6-16(19)7-5-15)11-9-20-18(23)13-17-3-2-12-24-17/h2-7,12H,8-11,13H2,1H3,(H,20,23). The van der Waals surface area contributed by atoms with Crippen LogP contribution in [0.25, 0.3) is 0 Å². The molecule has 1 heterocycles. The van der Waals surface area contributed by atoms with Crippen LogP contribution in [0, 0.1) is 0 Å². The number of nitrogens with zero attached hydrogens (tertiary/aromatic N) is 1. The normalized spacial score (nSPS) is 10.4. The van der Waals surface area contributed by atoms with E-state index in [2.05, 4.69) is 5.32 Å². The molecule has 2 rings (SSSR count). The van der Waals surface area contributed by atoms with Crippen molar-refractivity contribution >= 4 is 34.8 Å². The maximum Gasteiger partial charge on any atom is 0.225 e. The summed E-state index contributed by atoms with van der Waals surface area (Å²) in [5.41, 5.74) is 1.13. The number of hydrogen-bond donors (Lipinski definition) is 1. The van der Waals surface area contributed by atoms with Crippen molar-refractivity contribution in [3.8, 4) is 0 Å². The van der Waals surface area contributed by atoms with Gasteiger partial charge >= 0.3 is 0 Å². The van der Waals surface area contributed by atoms with E-state index in [4.69, 9.17) is 11.6 Å². The van der Waals surface area contributed by atoms with Gasteiger partial charge in [0.1, 0.15) is 0 Å². The van der Waals surface area contributed by atoms with Crippen molar-refractivity contribution in [2.24, 2.45) is 0 Å². The van der Waals surface area contributed by atoms with Crippen LogP contribution < -0.4 is 5.32 Å². The zero-order valence-electron chi connectivity index (χ0n) is 13.6. The van der Waals surface area contributed by atoms with E-state index in [1.807, 2.05) is 41.8 Å². The molecule has 0 saturated heterocycles. The van der Waals surface area contributed by atoms with Gasteiger partial charge in [0.15, 0.2) is 0 Å². The van der Waals surface area contributed by atoms with Gasteiger partial charge in [0.05, 0.1) is 6.42 Å². The summed E-state index contributed by atoms with van der Waals surface area (Å²) >= 11 is 7.44. The van der Waals surface area contributed by atoms with Crippen molar-refractivity contribution in [1.29, 1.82) is 0 Å². The van der Waals surface area contributed by atoms with Gasteiger partial charge in [0.25, 0.3) is 0 Å². The summed E-state index contributed by atoms with van der Waals surface area (Å²) in [5, 5.41) is 5.53. The molecule has 0 aliphatic carbocycles. The minimum Gasteiger partial charge on any atom is -0.354 e. The average Bonchev–Trinajstić information content (AvgIpc) is 3.04. The van der Waals surface area contributed by atoms with Crippen LogP contribution in [-0.2, 0) is 22.4 Å².